The lowest BCUT2D eigenvalue weighted by molar-refractivity contribution is -0.305. The Labute approximate surface area is 151 Å². The molecule has 1 aliphatic rings. The third-order valence-electron chi connectivity index (χ3n) is 3.77. The van der Waals surface area contributed by atoms with Crippen molar-refractivity contribution in [3.05, 3.63) is 56.7 Å². The van der Waals surface area contributed by atoms with Gasteiger partial charge in [-0.15, -0.1) is 11.3 Å². The fraction of sp³-hybridized carbons (Fsp3) is 0.235. The molecule has 2 aromatic rings. The summed E-state index contributed by atoms with van der Waals surface area (Å²) in [5.74, 6) is -1.54. The Balaban J connectivity index is 1.87. The van der Waals surface area contributed by atoms with E-state index in [4.69, 9.17) is 0 Å². The monoisotopic (exact) mass is 405 g/mol. The largest absolute Gasteiger partial charge is 0.550 e. The molecule has 0 saturated carbocycles. The van der Waals surface area contributed by atoms with Crippen molar-refractivity contribution in [2.45, 2.75) is 25.3 Å². The van der Waals surface area contributed by atoms with Crippen molar-refractivity contribution >= 4 is 44.9 Å². The molecule has 1 aromatic heterocycles. The van der Waals surface area contributed by atoms with Crippen LogP contribution >= 0.6 is 27.3 Å². The van der Waals surface area contributed by atoms with Gasteiger partial charge in [-0.25, -0.2) is 5.01 Å². The van der Waals surface area contributed by atoms with Crippen molar-refractivity contribution in [3.8, 4) is 0 Å². The summed E-state index contributed by atoms with van der Waals surface area (Å²) >= 11 is 4.97. The number of thiophene rings is 1. The molecule has 1 amide bonds. The molecule has 1 aliphatic heterocycles. The standard InChI is InChI=1S/C17H15BrN2O3S/c18-12-5-3-11(4-6-12)14-10-13(15-2-1-9-24-15)19-20(14)16(21)7-8-17(22)23/h1-6,9,14H,7-8,10H2,(H,22,23)/p-1/t14-/m1/s1. The summed E-state index contributed by atoms with van der Waals surface area (Å²) in [5, 5.41) is 18.5. The molecule has 0 bridgehead atoms. The van der Waals surface area contributed by atoms with E-state index >= 15 is 0 Å². The molecule has 0 fully saturated rings. The van der Waals surface area contributed by atoms with E-state index in [2.05, 4.69) is 21.0 Å². The van der Waals surface area contributed by atoms with Crippen LogP contribution in [0.25, 0.3) is 0 Å². The van der Waals surface area contributed by atoms with E-state index in [0.29, 0.717) is 6.42 Å². The summed E-state index contributed by atoms with van der Waals surface area (Å²) in [6, 6.07) is 11.4. The summed E-state index contributed by atoms with van der Waals surface area (Å²) in [7, 11) is 0. The number of nitrogens with zero attached hydrogens (tertiary/aromatic N) is 2. The molecular formula is C17H14BrN2O3S-. The van der Waals surface area contributed by atoms with Gasteiger partial charge < -0.3 is 9.90 Å². The first-order valence-electron chi connectivity index (χ1n) is 7.43. The number of rotatable bonds is 5. The first-order valence-corrected chi connectivity index (χ1v) is 9.10. The zero-order valence-corrected chi connectivity index (χ0v) is 15.0. The van der Waals surface area contributed by atoms with Crippen molar-refractivity contribution in [1.82, 2.24) is 5.01 Å². The predicted octanol–water partition coefficient (Wildman–Crippen LogP) is 2.72. The van der Waals surface area contributed by atoms with Gasteiger partial charge in [0.15, 0.2) is 0 Å². The Morgan fingerprint density at radius 1 is 1.25 bits per heavy atom. The van der Waals surface area contributed by atoms with Crippen LogP contribution in [0.3, 0.4) is 0 Å². The van der Waals surface area contributed by atoms with Crippen molar-refractivity contribution in [2.24, 2.45) is 5.10 Å². The third kappa shape index (κ3) is 3.73. The summed E-state index contributed by atoms with van der Waals surface area (Å²) in [4.78, 5) is 24.1. The first-order chi connectivity index (χ1) is 11.5. The number of halogens is 1. The van der Waals surface area contributed by atoms with Crippen molar-refractivity contribution in [2.75, 3.05) is 0 Å². The Kier molecular flexibility index (Phi) is 5.11. The van der Waals surface area contributed by atoms with Crippen LogP contribution in [0.15, 0.2) is 51.4 Å². The van der Waals surface area contributed by atoms with Gasteiger partial charge in [-0.05, 0) is 35.6 Å². The number of carbonyl (C=O) groups excluding carboxylic acids is 2. The quantitative estimate of drug-likeness (QED) is 0.767. The molecule has 1 aromatic carbocycles. The highest BCUT2D eigenvalue weighted by Gasteiger charge is 2.33. The van der Waals surface area contributed by atoms with Gasteiger partial charge in [0.25, 0.3) is 0 Å². The highest BCUT2D eigenvalue weighted by Crippen LogP contribution is 2.34. The highest BCUT2D eigenvalue weighted by atomic mass is 79.9. The number of hydrazone groups is 1. The van der Waals surface area contributed by atoms with Crippen molar-refractivity contribution in [3.63, 3.8) is 0 Å². The van der Waals surface area contributed by atoms with Crippen molar-refractivity contribution < 1.29 is 14.7 Å². The van der Waals surface area contributed by atoms with E-state index in [1.807, 2.05) is 41.8 Å². The topological polar surface area (TPSA) is 72.8 Å². The second-order valence-corrected chi connectivity index (χ2v) is 7.27. The average molecular weight is 406 g/mol. The Morgan fingerprint density at radius 3 is 2.62 bits per heavy atom. The molecule has 3 rings (SSSR count). The summed E-state index contributed by atoms with van der Waals surface area (Å²) in [6.45, 7) is 0. The fourth-order valence-electron chi connectivity index (χ4n) is 2.60. The van der Waals surface area contributed by atoms with Crippen LogP contribution < -0.4 is 5.11 Å². The Morgan fingerprint density at radius 2 is 2.00 bits per heavy atom. The van der Waals surface area contributed by atoms with Gasteiger partial charge in [-0.3, -0.25) is 4.79 Å². The fourth-order valence-corrected chi connectivity index (χ4v) is 3.59. The number of hydrogen-bond donors (Lipinski definition) is 0. The van der Waals surface area contributed by atoms with E-state index in [1.165, 1.54) is 5.01 Å². The van der Waals surface area contributed by atoms with Gasteiger partial charge in [-0.2, -0.15) is 5.10 Å². The third-order valence-corrected chi connectivity index (χ3v) is 5.22. The van der Waals surface area contributed by atoms with Gasteiger partial charge in [-0.1, -0.05) is 34.1 Å². The van der Waals surface area contributed by atoms with Crippen LogP contribution in [-0.2, 0) is 9.59 Å². The van der Waals surface area contributed by atoms with Crippen molar-refractivity contribution in [1.29, 1.82) is 0 Å². The van der Waals surface area contributed by atoms with Gasteiger partial charge in [0.2, 0.25) is 5.91 Å². The predicted molar refractivity (Wildman–Crippen MR) is 93.4 cm³/mol. The summed E-state index contributed by atoms with van der Waals surface area (Å²) < 4.78 is 0.957. The number of amides is 1. The van der Waals surface area contributed by atoms with Crippen LogP contribution in [0.1, 0.15) is 35.7 Å². The molecule has 0 aliphatic carbocycles. The van der Waals surface area contributed by atoms with Crippen LogP contribution in [0.2, 0.25) is 0 Å². The van der Waals surface area contributed by atoms with Crippen LogP contribution in [-0.4, -0.2) is 22.6 Å². The SMILES string of the molecule is O=C([O-])CCC(=O)N1N=C(c2cccs2)C[C@@H]1c1ccc(Br)cc1. The number of aliphatic carboxylic acids is 1. The number of carbonyl (C=O) groups is 2. The molecule has 0 unspecified atom stereocenters. The minimum absolute atomic E-state index is 0.115. The minimum atomic E-state index is -1.23. The smallest absolute Gasteiger partial charge is 0.243 e. The van der Waals surface area contributed by atoms with Gasteiger partial charge >= 0.3 is 0 Å². The molecule has 0 radical (unpaired) electrons. The van der Waals surface area contributed by atoms with E-state index < -0.39 is 5.97 Å². The molecule has 1 atom stereocenters. The molecule has 0 saturated heterocycles. The van der Waals surface area contributed by atoms with E-state index in [-0.39, 0.29) is 24.8 Å². The zero-order chi connectivity index (χ0) is 17.1. The molecule has 5 nitrogen and oxygen atoms in total. The molecule has 0 N–H and O–H groups in total. The molecule has 24 heavy (non-hydrogen) atoms. The average Bonchev–Trinajstić information content (AvgIpc) is 3.22. The second kappa shape index (κ2) is 7.27. The van der Waals surface area contributed by atoms with Gasteiger partial charge in [0.05, 0.1) is 16.6 Å². The molecule has 7 heteroatoms. The number of carboxylic acids is 1. The molecule has 0 spiro atoms. The molecule has 124 valence electrons. The maximum Gasteiger partial charge on any atom is 0.243 e. The number of hydrogen-bond acceptors (Lipinski definition) is 5. The van der Waals surface area contributed by atoms with Crippen LogP contribution in [0.4, 0.5) is 0 Å². The van der Waals surface area contributed by atoms with E-state index in [1.54, 1.807) is 11.3 Å². The van der Waals surface area contributed by atoms with Gasteiger partial charge in [0, 0.05) is 23.3 Å². The lowest BCUT2D eigenvalue weighted by atomic mass is 10.0. The lowest BCUT2D eigenvalue weighted by Crippen LogP contribution is -2.29. The zero-order valence-electron chi connectivity index (χ0n) is 12.6. The lowest BCUT2D eigenvalue weighted by Gasteiger charge is -2.22. The van der Waals surface area contributed by atoms with Crippen LogP contribution in [0, 0.1) is 0 Å². The number of benzene rings is 1. The normalized spacial score (nSPS) is 17.0. The van der Waals surface area contributed by atoms with Crippen LogP contribution in [0.5, 0.6) is 0 Å². The Hall–Kier alpha value is -1.99. The van der Waals surface area contributed by atoms with E-state index in [9.17, 15) is 14.7 Å². The Bertz CT molecular complexity index is 772. The first kappa shape index (κ1) is 16.9. The maximum atomic E-state index is 12.4. The summed E-state index contributed by atoms with van der Waals surface area (Å²) in [6.07, 6.45) is 0.196. The minimum Gasteiger partial charge on any atom is -0.550 e. The van der Waals surface area contributed by atoms with E-state index in [0.717, 1.165) is 20.6 Å². The summed E-state index contributed by atoms with van der Waals surface area (Å²) in [5.41, 5.74) is 1.81. The second-order valence-electron chi connectivity index (χ2n) is 5.41. The maximum absolute atomic E-state index is 12.4. The molecular weight excluding hydrogens is 392 g/mol. The number of carboxylic acid groups (broad SMARTS) is 1. The van der Waals surface area contributed by atoms with Gasteiger partial charge in [0.1, 0.15) is 0 Å². The molecule has 2 heterocycles. The highest BCUT2D eigenvalue weighted by molar-refractivity contribution is 9.10.